The average Bonchev–Trinajstić information content (AvgIpc) is 4.27. The summed E-state index contributed by atoms with van der Waals surface area (Å²) in [6, 6.07) is 47.5. The topological polar surface area (TPSA) is 87.3 Å². The Morgan fingerprint density at radius 2 is 0.732 bits per heavy atom. The van der Waals surface area contributed by atoms with Crippen molar-refractivity contribution in [3.05, 3.63) is 196 Å². The summed E-state index contributed by atoms with van der Waals surface area (Å²) in [5, 5.41) is 0. The number of nitrogens with one attached hydrogen (secondary N) is 2. The largest absolute Gasteiger partial charge is 0.354 e. The molecule has 0 spiro atoms. The number of hydrogen-bond acceptors (Lipinski definition) is 4. The van der Waals surface area contributed by atoms with Crippen LogP contribution in [0.2, 0.25) is 0 Å². The highest BCUT2D eigenvalue weighted by Crippen LogP contribution is 2.39. The van der Waals surface area contributed by atoms with Gasteiger partial charge in [-0.05, 0) is 138 Å². The zero-order valence-corrected chi connectivity index (χ0v) is 41.4. The predicted molar refractivity (Wildman–Crippen MR) is 298 cm³/mol. The van der Waals surface area contributed by atoms with Gasteiger partial charge >= 0.3 is 0 Å². The molecule has 2 N–H and O–H groups in total. The van der Waals surface area contributed by atoms with Crippen LogP contribution in [0.1, 0.15) is 134 Å². The molecule has 0 saturated heterocycles. The molecule has 354 valence electrons. The second-order valence-corrected chi connectivity index (χ2v) is 19.1. The van der Waals surface area contributed by atoms with Gasteiger partial charge in [-0.3, -0.25) is 9.78 Å². The van der Waals surface area contributed by atoms with Crippen molar-refractivity contribution in [3.63, 3.8) is 0 Å². The molecule has 71 heavy (non-hydrogen) atoms. The number of ketones is 1. The van der Waals surface area contributed by atoms with Gasteiger partial charge in [0.2, 0.25) is 0 Å². The SMILES string of the molecule is CCCCCc1ccc(-c2c3nc(c(-c4ccc(CCCCC)cc4)c4ccc([nH]4)c(-c4ccc(C(=O)c5cccnc5)cc4)c4nc(c(-c5ccc(CCCCC)cc5)c5ccc2[nH]5)C=C4)C=C3)cc1. The molecule has 6 heteroatoms. The summed E-state index contributed by atoms with van der Waals surface area (Å²) >= 11 is 0. The fraction of sp³-hybridized carbons (Fsp3) is 0.231. The van der Waals surface area contributed by atoms with E-state index in [1.54, 1.807) is 24.5 Å². The highest BCUT2D eigenvalue weighted by molar-refractivity contribution is 6.09. The lowest BCUT2D eigenvalue weighted by Gasteiger charge is -2.09. The average molecular weight is 930 g/mol. The number of fused-ring (bicyclic) bond motifs is 8. The molecular formula is C65H63N5O. The maximum absolute atomic E-state index is 13.6. The zero-order chi connectivity index (χ0) is 48.5. The molecule has 0 radical (unpaired) electrons. The van der Waals surface area contributed by atoms with E-state index in [2.05, 4.69) is 157 Å². The normalized spacial score (nSPS) is 11.9. The Bertz CT molecular complexity index is 3320. The van der Waals surface area contributed by atoms with Crippen molar-refractivity contribution in [1.82, 2.24) is 24.9 Å². The van der Waals surface area contributed by atoms with Gasteiger partial charge in [0, 0.05) is 67.8 Å². The van der Waals surface area contributed by atoms with Crippen LogP contribution in [0.25, 0.3) is 90.9 Å². The number of carbonyl (C=O) groups is 1. The number of H-pyrrole nitrogens is 2. The maximum Gasteiger partial charge on any atom is 0.194 e. The first kappa shape index (κ1) is 47.0. The third kappa shape index (κ3) is 10.4. The van der Waals surface area contributed by atoms with E-state index in [1.165, 1.54) is 74.5 Å². The molecule has 0 saturated carbocycles. The number of aromatic amines is 2. The third-order valence-electron chi connectivity index (χ3n) is 14.0. The molecule has 10 rings (SSSR count). The molecule has 0 amide bonds. The van der Waals surface area contributed by atoms with E-state index in [-0.39, 0.29) is 5.78 Å². The van der Waals surface area contributed by atoms with E-state index in [9.17, 15) is 4.79 Å². The molecule has 8 bridgehead atoms. The lowest BCUT2D eigenvalue weighted by atomic mass is 9.99. The van der Waals surface area contributed by atoms with Crippen LogP contribution in [0.3, 0.4) is 0 Å². The van der Waals surface area contributed by atoms with Crippen molar-refractivity contribution in [3.8, 4) is 44.5 Å². The monoisotopic (exact) mass is 930 g/mol. The smallest absolute Gasteiger partial charge is 0.194 e. The van der Waals surface area contributed by atoms with Crippen LogP contribution < -0.4 is 0 Å². The second kappa shape index (κ2) is 21.9. The molecule has 4 aromatic heterocycles. The number of benzene rings is 4. The lowest BCUT2D eigenvalue weighted by molar-refractivity contribution is 0.103. The van der Waals surface area contributed by atoms with E-state index in [1.807, 2.05) is 24.3 Å². The minimum absolute atomic E-state index is 0.0681. The highest BCUT2D eigenvalue weighted by Gasteiger charge is 2.20. The van der Waals surface area contributed by atoms with Gasteiger partial charge in [0.15, 0.2) is 5.78 Å². The number of rotatable bonds is 18. The quantitative estimate of drug-likeness (QED) is 0.0663. The summed E-state index contributed by atoms with van der Waals surface area (Å²) in [5.74, 6) is -0.0681. The van der Waals surface area contributed by atoms with Crippen molar-refractivity contribution < 1.29 is 4.79 Å². The molecule has 0 atom stereocenters. The number of hydrogen-bond donors (Lipinski definition) is 2. The Balaban J connectivity index is 1.23. The Kier molecular flexibility index (Phi) is 14.5. The number of pyridine rings is 1. The van der Waals surface area contributed by atoms with E-state index in [0.29, 0.717) is 11.1 Å². The van der Waals surface area contributed by atoms with Gasteiger partial charge in [0.25, 0.3) is 0 Å². The molecule has 8 aromatic rings. The summed E-state index contributed by atoms with van der Waals surface area (Å²) in [7, 11) is 0. The van der Waals surface area contributed by atoms with Gasteiger partial charge in [0.1, 0.15) is 0 Å². The molecular weight excluding hydrogens is 867 g/mol. The van der Waals surface area contributed by atoms with Crippen LogP contribution in [0, 0.1) is 0 Å². The van der Waals surface area contributed by atoms with Crippen LogP contribution in [-0.2, 0) is 19.3 Å². The molecule has 2 aliphatic rings. The van der Waals surface area contributed by atoms with Crippen LogP contribution >= 0.6 is 0 Å². The molecule has 4 aromatic carbocycles. The summed E-state index contributed by atoms with van der Waals surface area (Å²) < 4.78 is 0. The molecule has 0 aliphatic carbocycles. The second-order valence-electron chi connectivity index (χ2n) is 19.1. The number of carbonyl (C=O) groups excluding carboxylic acids is 1. The van der Waals surface area contributed by atoms with Gasteiger partial charge < -0.3 is 9.97 Å². The molecule has 6 nitrogen and oxygen atoms in total. The summed E-state index contributed by atoms with van der Waals surface area (Å²) in [4.78, 5) is 36.7. The Labute approximate surface area is 418 Å². The summed E-state index contributed by atoms with van der Waals surface area (Å²) in [5.41, 5.74) is 20.8. The summed E-state index contributed by atoms with van der Waals surface area (Å²) in [6.45, 7) is 6.77. The van der Waals surface area contributed by atoms with Crippen LogP contribution in [0.5, 0.6) is 0 Å². The van der Waals surface area contributed by atoms with E-state index in [4.69, 9.17) is 9.97 Å². The molecule has 0 unspecified atom stereocenters. The van der Waals surface area contributed by atoms with E-state index >= 15 is 0 Å². The third-order valence-corrected chi connectivity index (χ3v) is 14.0. The summed E-state index contributed by atoms with van der Waals surface area (Å²) in [6.07, 6.45) is 26.0. The first-order chi connectivity index (χ1) is 35.0. The Morgan fingerprint density at radius 1 is 0.394 bits per heavy atom. The van der Waals surface area contributed by atoms with Gasteiger partial charge in [-0.25, -0.2) is 9.97 Å². The van der Waals surface area contributed by atoms with Crippen molar-refractivity contribution in [2.24, 2.45) is 0 Å². The van der Waals surface area contributed by atoms with Gasteiger partial charge in [-0.1, -0.05) is 156 Å². The number of aromatic nitrogens is 5. The van der Waals surface area contributed by atoms with Crippen LogP contribution in [-0.4, -0.2) is 30.7 Å². The zero-order valence-electron chi connectivity index (χ0n) is 41.4. The van der Waals surface area contributed by atoms with Crippen LogP contribution in [0.15, 0.2) is 146 Å². The number of unbranched alkanes of at least 4 members (excludes halogenated alkanes) is 6. The standard InChI is InChI=1S/C65H63N5O/c1-4-7-10-14-44-18-24-47(25-19-44)61-53-34-36-55(67-53)62(48-26-20-45(21-27-48)15-11-8-5-2)57-38-40-59(69-57)64(50-30-32-51(33-31-50)65(71)52-17-13-42-66-43-52)60-41-39-58(70-60)63(56-37-35-54(61)68-56)49-28-22-46(23-29-49)16-12-9-6-3/h13,17-43,67,70H,4-12,14-16H2,1-3H3. The minimum atomic E-state index is -0.0681. The van der Waals surface area contributed by atoms with Crippen molar-refractivity contribution in [1.29, 1.82) is 0 Å². The lowest BCUT2D eigenvalue weighted by Crippen LogP contribution is -2.01. The highest BCUT2D eigenvalue weighted by atomic mass is 16.1. The molecule has 0 fully saturated rings. The van der Waals surface area contributed by atoms with E-state index < -0.39 is 0 Å². The van der Waals surface area contributed by atoms with Gasteiger partial charge in [0.05, 0.1) is 22.8 Å². The van der Waals surface area contributed by atoms with Crippen molar-refractivity contribution in [2.45, 2.75) is 97.8 Å². The van der Waals surface area contributed by atoms with E-state index in [0.717, 1.165) is 109 Å². The maximum atomic E-state index is 13.6. The fourth-order valence-corrected chi connectivity index (χ4v) is 10.1. The first-order valence-corrected chi connectivity index (χ1v) is 26.0. The van der Waals surface area contributed by atoms with Crippen LogP contribution in [0.4, 0.5) is 0 Å². The first-order valence-electron chi connectivity index (χ1n) is 26.0. The Hall–Kier alpha value is -7.70. The fourth-order valence-electron chi connectivity index (χ4n) is 10.1. The predicted octanol–water partition coefficient (Wildman–Crippen LogP) is 17.1. The van der Waals surface area contributed by atoms with Gasteiger partial charge in [-0.15, -0.1) is 0 Å². The number of nitrogens with zero attached hydrogens (tertiary/aromatic N) is 3. The van der Waals surface area contributed by atoms with Gasteiger partial charge in [-0.2, -0.15) is 0 Å². The molecule has 2 aliphatic heterocycles. The minimum Gasteiger partial charge on any atom is -0.354 e. The number of aryl methyl sites for hydroxylation is 3. The Morgan fingerprint density at radius 3 is 1.04 bits per heavy atom. The van der Waals surface area contributed by atoms with Crippen molar-refractivity contribution in [2.75, 3.05) is 0 Å². The van der Waals surface area contributed by atoms with Crippen molar-refractivity contribution >= 4 is 52.2 Å². The molecule has 6 heterocycles.